The van der Waals surface area contributed by atoms with Gasteiger partial charge in [0.05, 0.1) is 5.41 Å². The summed E-state index contributed by atoms with van der Waals surface area (Å²) in [7, 11) is 1.98. The molecule has 0 spiro atoms. The largest absolute Gasteiger partial charge is 0.388 e. The van der Waals surface area contributed by atoms with E-state index >= 15 is 0 Å². The first-order valence-corrected chi connectivity index (χ1v) is 12.5. The molecule has 1 heterocycles. The summed E-state index contributed by atoms with van der Waals surface area (Å²) < 4.78 is 0. The predicted octanol–water partition coefficient (Wildman–Crippen LogP) is 5.58. The number of carbonyl (C=O) groups is 1. The number of likely N-dealkylation sites (tertiary alicyclic amines) is 1. The number of amides is 1. The minimum absolute atomic E-state index is 0.195. The Bertz CT molecular complexity index is 884. The molecule has 0 aromatic heterocycles. The molecule has 1 aliphatic carbocycles. The highest BCUT2D eigenvalue weighted by atomic mass is 35.5. The fourth-order valence-corrected chi connectivity index (χ4v) is 5.63. The molecule has 32 heavy (non-hydrogen) atoms. The van der Waals surface area contributed by atoms with Gasteiger partial charge < -0.3 is 15.5 Å². The topological polar surface area (TPSA) is 44.4 Å². The summed E-state index contributed by atoms with van der Waals surface area (Å²) in [6.07, 6.45) is 7.51. The molecular weight excluding hydrogens is 418 g/mol. The maximum atomic E-state index is 13.2. The van der Waals surface area contributed by atoms with Crippen LogP contribution in [0, 0.1) is 0 Å². The van der Waals surface area contributed by atoms with Gasteiger partial charge in [-0.1, -0.05) is 48.7 Å². The van der Waals surface area contributed by atoms with Crippen LogP contribution in [0.4, 0.5) is 5.69 Å². The maximum Gasteiger partial charge on any atom is 0.230 e. The molecule has 0 atom stereocenters. The molecule has 2 fully saturated rings. The number of rotatable bonds is 8. The monoisotopic (exact) mass is 453 g/mol. The predicted molar refractivity (Wildman–Crippen MR) is 134 cm³/mol. The Labute approximate surface area is 197 Å². The van der Waals surface area contributed by atoms with E-state index in [0.29, 0.717) is 5.92 Å². The van der Waals surface area contributed by atoms with Crippen molar-refractivity contribution in [1.82, 2.24) is 10.2 Å². The third-order valence-corrected chi connectivity index (χ3v) is 7.71. The fourth-order valence-electron chi connectivity index (χ4n) is 5.51. The summed E-state index contributed by atoms with van der Waals surface area (Å²) in [5.41, 5.74) is 3.39. The molecule has 2 aromatic rings. The van der Waals surface area contributed by atoms with Crippen molar-refractivity contribution in [2.75, 3.05) is 38.5 Å². The van der Waals surface area contributed by atoms with Crippen molar-refractivity contribution in [2.45, 2.75) is 56.3 Å². The average Bonchev–Trinajstić information content (AvgIpc) is 3.34. The van der Waals surface area contributed by atoms with E-state index in [1.807, 2.05) is 31.3 Å². The number of nitrogens with zero attached hydrogens (tertiary/aromatic N) is 1. The van der Waals surface area contributed by atoms with Crippen LogP contribution < -0.4 is 10.6 Å². The van der Waals surface area contributed by atoms with Gasteiger partial charge in [-0.2, -0.15) is 0 Å². The van der Waals surface area contributed by atoms with Crippen LogP contribution in [0.3, 0.4) is 0 Å². The zero-order chi connectivity index (χ0) is 22.4. The fraction of sp³-hybridized carbons (Fsp3) is 0.519. The van der Waals surface area contributed by atoms with Gasteiger partial charge in [-0.25, -0.2) is 0 Å². The van der Waals surface area contributed by atoms with Gasteiger partial charge in [0.1, 0.15) is 0 Å². The van der Waals surface area contributed by atoms with E-state index in [1.54, 1.807) is 0 Å². The Morgan fingerprint density at radius 3 is 2.50 bits per heavy atom. The minimum Gasteiger partial charge on any atom is -0.388 e. The molecule has 2 N–H and O–H groups in total. The normalized spacial score (nSPS) is 19.1. The maximum absolute atomic E-state index is 13.2. The molecule has 0 radical (unpaired) electrons. The molecule has 0 bridgehead atoms. The lowest BCUT2D eigenvalue weighted by atomic mass is 9.78. The van der Waals surface area contributed by atoms with Crippen molar-refractivity contribution < 1.29 is 4.79 Å². The number of hydrogen-bond acceptors (Lipinski definition) is 3. The van der Waals surface area contributed by atoms with Crippen LogP contribution in [0.5, 0.6) is 0 Å². The van der Waals surface area contributed by atoms with Crippen LogP contribution in [0.2, 0.25) is 5.02 Å². The summed E-state index contributed by atoms with van der Waals surface area (Å²) >= 11 is 6.07. The number of benzene rings is 2. The first kappa shape index (κ1) is 23.1. The van der Waals surface area contributed by atoms with Crippen LogP contribution in [-0.4, -0.2) is 44.0 Å². The number of carbonyl (C=O) groups excluding carboxylic acids is 1. The van der Waals surface area contributed by atoms with Crippen molar-refractivity contribution in [3.05, 3.63) is 64.7 Å². The second-order valence-corrected chi connectivity index (χ2v) is 9.83. The first-order valence-electron chi connectivity index (χ1n) is 12.2. The molecule has 1 saturated carbocycles. The van der Waals surface area contributed by atoms with E-state index in [-0.39, 0.29) is 11.3 Å². The molecular formula is C27H36ClN3O. The third kappa shape index (κ3) is 5.29. The van der Waals surface area contributed by atoms with E-state index in [0.717, 1.165) is 68.9 Å². The Balaban J connectivity index is 1.22. The number of piperidine rings is 1. The van der Waals surface area contributed by atoms with Gasteiger partial charge in [0.25, 0.3) is 0 Å². The van der Waals surface area contributed by atoms with Crippen molar-refractivity contribution in [1.29, 1.82) is 0 Å². The highest BCUT2D eigenvalue weighted by Gasteiger charge is 2.42. The SMILES string of the molecule is CNc1cccc(C2CCN(CCCNC(=O)C3(c4ccc(Cl)cc4)CCCC3)CC2)c1. The van der Waals surface area contributed by atoms with Crippen LogP contribution in [0.1, 0.15) is 62.0 Å². The number of nitrogens with one attached hydrogen (secondary N) is 2. The highest BCUT2D eigenvalue weighted by Crippen LogP contribution is 2.41. The van der Waals surface area contributed by atoms with Crippen LogP contribution in [0.25, 0.3) is 0 Å². The molecule has 5 heteroatoms. The van der Waals surface area contributed by atoms with Crippen LogP contribution >= 0.6 is 11.6 Å². The average molecular weight is 454 g/mol. The molecule has 4 nitrogen and oxygen atoms in total. The first-order chi connectivity index (χ1) is 15.6. The molecule has 4 rings (SSSR count). The van der Waals surface area contributed by atoms with Gasteiger partial charge in [0, 0.05) is 24.3 Å². The smallest absolute Gasteiger partial charge is 0.230 e. The molecule has 1 saturated heterocycles. The van der Waals surface area contributed by atoms with E-state index in [4.69, 9.17) is 11.6 Å². The number of anilines is 1. The zero-order valence-corrected chi connectivity index (χ0v) is 20.0. The highest BCUT2D eigenvalue weighted by molar-refractivity contribution is 6.30. The Morgan fingerprint density at radius 2 is 1.81 bits per heavy atom. The van der Waals surface area contributed by atoms with Gasteiger partial charge in [-0.05, 0) is 93.0 Å². The van der Waals surface area contributed by atoms with E-state index in [9.17, 15) is 4.79 Å². The molecule has 172 valence electrons. The summed E-state index contributed by atoms with van der Waals surface area (Å²) in [5, 5.41) is 7.23. The van der Waals surface area contributed by atoms with E-state index in [1.165, 1.54) is 24.1 Å². The number of hydrogen-bond donors (Lipinski definition) is 2. The van der Waals surface area contributed by atoms with Crippen molar-refractivity contribution in [3.8, 4) is 0 Å². The van der Waals surface area contributed by atoms with Gasteiger partial charge in [-0.15, -0.1) is 0 Å². The van der Waals surface area contributed by atoms with Gasteiger partial charge in [-0.3, -0.25) is 4.79 Å². The lowest BCUT2D eigenvalue weighted by Gasteiger charge is -2.32. The summed E-state index contributed by atoms with van der Waals surface area (Å²) in [6, 6.07) is 16.7. The van der Waals surface area contributed by atoms with E-state index in [2.05, 4.69) is 39.8 Å². The summed E-state index contributed by atoms with van der Waals surface area (Å²) in [4.78, 5) is 15.7. The molecule has 0 unspecified atom stereocenters. The Kier molecular flexibility index (Phi) is 7.75. The number of halogens is 1. The molecule has 1 amide bonds. The summed E-state index contributed by atoms with van der Waals surface area (Å²) in [5.74, 6) is 0.848. The van der Waals surface area contributed by atoms with Gasteiger partial charge in [0.15, 0.2) is 0 Å². The van der Waals surface area contributed by atoms with Crippen molar-refractivity contribution in [3.63, 3.8) is 0 Å². The van der Waals surface area contributed by atoms with Crippen molar-refractivity contribution >= 4 is 23.2 Å². The third-order valence-electron chi connectivity index (χ3n) is 7.46. The summed E-state index contributed by atoms with van der Waals surface area (Å²) in [6.45, 7) is 4.07. The van der Waals surface area contributed by atoms with Crippen LogP contribution in [-0.2, 0) is 10.2 Å². The molecule has 1 aliphatic heterocycles. The lowest BCUT2D eigenvalue weighted by Crippen LogP contribution is -2.43. The lowest BCUT2D eigenvalue weighted by molar-refractivity contribution is -0.126. The Hall–Kier alpha value is -2.04. The molecule has 2 aliphatic rings. The Morgan fingerprint density at radius 1 is 1.09 bits per heavy atom. The second kappa shape index (κ2) is 10.7. The zero-order valence-electron chi connectivity index (χ0n) is 19.2. The standard InChI is InChI=1S/C27H36ClN3O/c1-29-25-7-4-6-22(20-25)21-12-18-31(19-13-21)17-5-16-30-26(32)27(14-2-3-15-27)23-8-10-24(28)11-9-23/h4,6-11,20-21,29H,2-3,5,12-19H2,1H3,(H,30,32). The molecule has 2 aromatic carbocycles. The van der Waals surface area contributed by atoms with Crippen LogP contribution in [0.15, 0.2) is 48.5 Å². The quantitative estimate of drug-likeness (QED) is 0.513. The van der Waals surface area contributed by atoms with Gasteiger partial charge >= 0.3 is 0 Å². The second-order valence-electron chi connectivity index (χ2n) is 9.40. The van der Waals surface area contributed by atoms with Gasteiger partial charge in [0.2, 0.25) is 5.91 Å². The van der Waals surface area contributed by atoms with E-state index < -0.39 is 0 Å². The minimum atomic E-state index is -0.370. The van der Waals surface area contributed by atoms with Crippen molar-refractivity contribution in [2.24, 2.45) is 0 Å².